The van der Waals surface area contributed by atoms with Crippen molar-refractivity contribution >= 4 is 62.2 Å². The Morgan fingerprint density at radius 3 is 2.17 bits per heavy atom. The van der Waals surface area contributed by atoms with Gasteiger partial charge in [0.15, 0.2) is 5.13 Å². The molecule has 54 heavy (non-hydrogen) atoms. The van der Waals surface area contributed by atoms with E-state index in [1.165, 1.54) is 0 Å². The Morgan fingerprint density at radius 2 is 1.52 bits per heavy atom. The maximum absolute atomic E-state index is 14.1. The topological polar surface area (TPSA) is 181 Å². The van der Waals surface area contributed by atoms with Crippen LogP contribution in [-0.2, 0) is 33.3 Å². The zero-order valence-electron chi connectivity index (χ0n) is 31.7. The molecule has 2 aliphatic rings. The van der Waals surface area contributed by atoms with Crippen LogP contribution in [0.25, 0.3) is 11.3 Å². The zero-order valence-corrected chi connectivity index (χ0v) is 34.2. The van der Waals surface area contributed by atoms with E-state index in [4.69, 9.17) is 18.9 Å². The van der Waals surface area contributed by atoms with Gasteiger partial charge in [0.05, 0.1) is 52.3 Å². The Bertz CT molecular complexity index is 1430. The lowest BCUT2D eigenvalue weighted by atomic mass is 9.83. The summed E-state index contributed by atoms with van der Waals surface area (Å²) in [6, 6.07) is 7.06. The minimum Gasteiger partial charge on any atom is -0.379 e. The Hall–Kier alpha value is -3.19. The first-order chi connectivity index (χ1) is 25.8. The fourth-order valence-electron chi connectivity index (χ4n) is 6.37. The van der Waals surface area contributed by atoms with Crippen molar-refractivity contribution in [1.82, 2.24) is 25.8 Å². The number of anilines is 2. The van der Waals surface area contributed by atoms with Crippen LogP contribution in [0.2, 0.25) is 0 Å². The number of carbonyl (C=O) groups excluding carboxylic acids is 4. The number of thiazole rings is 1. The molecule has 2 heterocycles. The fourth-order valence-corrected chi connectivity index (χ4v) is 7.25. The lowest BCUT2D eigenvalue weighted by molar-refractivity contribution is -0.142. The van der Waals surface area contributed by atoms with Crippen LogP contribution >= 0.6 is 28.3 Å². The van der Waals surface area contributed by atoms with E-state index in [2.05, 4.69) is 31.6 Å². The summed E-state index contributed by atoms with van der Waals surface area (Å²) in [6.07, 6.45) is 6.01. The third-order valence-corrected chi connectivity index (χ3v) is 10.2. The molecular weight excluding hydrogens is 782 g/mol. The Labute approximate surface area is 333 Å². The molecule has 1 aliphatic heterocycles. The van der Waals surface area contributed by atoms with Gasteiger partial charge in [-0.15, -0.1) is 17.0 Å². The molecule has 2 unspecified atom stereocenters. The van der Waals surface area contributed by atoms with Gasteiger partial charge in [-0.1, -0.05) is 60.9 Å². The molecule has 1 saturated heterocycles. The highest BCUT2D eigenvalue weighted by molar-refractivity contribution is 8.93. The molecule has 2 aromatic rings. The van der Waals surface area contributed by atoms with Crippen LogP contribution in [0.5, 0.6) is 0 Å². The first kappa shape index (κ1) is 45.2. The van der Waals surface area contributed by atoms with Crippen LogP contribution in [-0.4, -0.2) is 125 Å². The van der Waals surface area contributed by atoms with E-state index in [1.54, 1.807) is 18.9 Å². The molecule has 2 fully saturated rings. The molecule has 0 bridgehead atoms. The summed E-state index contributed by atoms with van der Waals surface area (Å²) in [7, 11) is 1.71. The minimum atomic E-state index is -0.706. The summed E-state index contributed by atoms with van der Waals surface area (Å²) in [5.41, 5.74) is 1.27. The van der Waals surface area contributed by atoms with E-state index in [1.807, 2.05) is 37.3 Å². The molecule has 3 atom stereocenters. The molecule has 302 valence electrons. The van der Waals surface area contributed by atoms with Gasteiger partial charge in [-0.2, -0.15) is 0 Å². The van der Waals surface area contributed by atoms with Gasteiger partial charge in [0.25, 0.3) is 0 Å². The number of carbonyl (C=O) groups is 4. The van der Waals surface area contributed by atoms with Gasteiger partial charge < -0.3 is 45.1 Å². The third kappa shape index (κ3) is 14.5. The van der Waals surface area contributed by atoms with Gasteiger partial charge >= 0.3 is 6.03 Å². The number of hydrogen-bond donors (Lipinski definition) is 5. The maximum atomic E-state index is 14.1. The molecule has 1 aromatic heterocycles. The highest BCUT2D eigenvalue weighted by atomic mass is 79.9. The van der Waals surface area contributed by atoms with Gasteiger partial charge in [-0.25, -0.2) is 9.78 Å². The van der Waals surface area contributed by atoms with E-state index in [0.29, 0.717) is 88.1 Å². The smallest absolute Gasteiger partial charge is 0.321 e. The third-order valence-electron chi connectivity index (χ3n) is 9.33. The van der Waals surface area contributed by atoms with Gasteiger partial charge in [-0.05, 0) is 52.5 Å². The number of urea groups is 1. The molecule has 17 heteroatoms. The van der Waals surface area contributed by atoms with Crippen LogP contribution in [0, 0.1) is 5.92 Å². The molecule has 1 aromatic carbocycles. The van der Waals surface area contributed by atoms with Crippen LogP contribution in [0.3, 0.4) is 0 Å². The van der Waals surface area contributed by atoms with Crippen molar-refractivity contribution < 1.29 is 38.1 Å². The van der Waals surface area contributed by atoms with Crippen molar-refractivity contribution in [2.45, 2.75) is 76.9 Å². The number of ether oxygens (including phenoxy) is 4. The van der Waals surface area contributed by atoms with Crippen molar-refractivity contribution in [3.05, 3.63) is 30.3 Å². The summed E-state index contributed by atoms with van der Waals surface area (Å²) in [4.78, 5) is 60.0. The van der Waals surface area contributed by atoms with E-state index in [-0.39, 0.29) is 47.2 Å². The molecule has 0 spiro atoms. The van der Waals surface area contributed by atoms with Crippen LogP contribution in [0.1, 0.15) is 58.8 Å². The summed E-state index contributed by atoms with van der Waals surface area (Å²) in [5.74, 6) is -0.762. The lowest BCUT2D eigenvalue weighted by Gasteiger charge is -2.35. The minimum absolute atomic E-state index is 0. The Balaban J connectivity index is 0.00000784. The number of amides is 5. The van der Waals surface area contributed by atoms with Crippen LogP contribution in [0.15, 0.2) is 30.3 Å². The van der Waals surface area contributed by atoms with Crippen molar-refractivity contribution in [3.63, 3.8) is 0 Å². The molecule has 0 radical (unpaired) electrons. The number of nitrogens with one attached hydrogen (secondary N) is 5. The van der Waals surface area contributed by atoms with Crippen molar-refractivity contribution in [2.24, 2.45) is 5.92 Å². The zero-order chi connectivity index (χ0) is 37.8. The number of aromatic nitrogens is 1. The number of benzene rings is 1. The van der Waals surface area contributed by atoms with Gasteiger partial charge in [0.2, 0.25) is 17.7 Å². The quantitative estimate of drug-likeness (QED) is 0.108. The second-order valence-corrected chi connectivity index (χ2v) is 14.1. The monoisotopic (exact) mass is 839 g/mol. The number of likely N-dealkylation sites (tertiary alicyclic amines) is 1. The first-order valence-corrected chi connectivity index (χ1v) is 19.6. The number of halogens is 1. The standard InChI is InChI=1S/C37H57N7O8S.BrH/c1-4-49-20-21-51-24-25-52-23-22-50-19-17-39-36(48)43-37-41-30(27-12-7-5-8-13-27)34(53-37)42-33(46)29-16-11-18-44(29)35(47)31(28-14-9-6-10-15-28)40-32(45)26(2)38-3;/h5,7-8,12-13,26,28-29,31,38H,4,6,9-11,14-25H2,1-3H3,(H,40,45)(H,42,46)(H2,39,41,43,48);1H/t26?,29-,31?;/m0./s1. The van der Waals surface area contributed by atoms with Crippen molar-refractivity contribution in [2.75, 3.05) is 83.6 Å². The number of hydrogen-bond acceptors (Lipinski definition) is 11. The average molecular weight is 841 g/mol. The molecule has 4 rings (SSSR count). The van der Waals surface area contributed by atoms with Gasteiger partial charge in [-0.3, -0.25) is 19.7 Å². The van der Waals surface area contributed by atoms with Crippen molar-refractivity contribution in [1.29, 1.82) is 0 Å². The lowest BCUT2D eigenvalue weighted by Crippen LogP contribution is -2.57. The molecule has 1 saturated carbocycles. The molecule has 15 nitrogen and oxygen atoms in total. The number of nitrogens with zero attached hydrogens (tertiary/aromatic N) is 2. The average Bonchev–Trinajstić information content (AvgIpc) is 3.83. The van der Waals surface area contributed by atoms with Crippen LogP contribution < -0.4 is 26.6 Å². The Morgan fingerprint density at radius 1 is 0.870 bits per heavy atom. The van der Waals surface area contributed by atoms with E-state index in [9.17, 15) is 19.2 Å². The predicted octanol–water partition coefficient (Wildman–Crippen LogP) is 4.20. The largest absolute Gasteiger partial charge is 0.379 e. The highest BCUT2D eigenvalue weighted by Gasteiger charge is 2.41. The predicted molar refractivity (Wildman–Crippen MR) is 214 cm³/mol. The summed E-state index contributed by atoms with van der Waals surface area (Å²) >= 11 is 1.14. The SMILES string of the molecule is Br.CCOCCOCCOCCOCCNC(=O)Nc1nc(-c2ccccc2)c(NC(=O)[C@@H]2CCCN2C(=O)C(NC(=O)C(C)NC)C2CCCCC2)s1. The second kappa shape index (κ2) is 25.1. The van der Waals surface area contributed by atoms with E-state index < -0.39 is 24.2 Å². The summed E-state index contributed by atoms with van der Waals surface area (Å²) < 4.78 is 21.6. The van der Waals surface area contributed by atoms with Crippen LogP contribution in [0.4, 0.5) is 14.9 Å². The number of likely N-dealkylation sites (N-methyl/N-ethyl adjacent to an activating group) is 1. The van der Waals surface area contributed by atoms with E-state index in [0.717, 1.165) is 49.0 Å². The molecule has 1 aliphatic carbocycles. The summed E-state index contributed by atoms with van der Waals surface area (Å²) in [6.45, 7) is 8.22. The normalized spacial score (nSPS) is 16.9. The highest BCUT2D eigenvalue weighted by Crippen LogP contribution is 2.37. The molecule has 5 amide bonds. The first-order valence-electron chi connectivity index (χ1n) is 18.8. The van der Waals surface area contributed by atoms with Gasteiger partial charge in [0.1, 0.15) is 22.8 Å². The van der Waals surface area contributed by atoms with E-state index >= 15 is 0 Å². The van der Waals surface area contributed by atoms with Crippen molar-refractivity contribution in [3.8, 4) is 11.3 Å². The molecule has 5 N–H and O–H groups in total. The fraction of sp³-hybridized carbons (Fsp3) is 0.649. The Kier molecular flexibility index (Phi) is 21.0. The molecular formula is C37H58BrN7O8S. The number of rotatable bonds is 22. The second-order valence-electron chi connectivity index (χ2n) is 13.1. The maximum Gasteiger partial charge on any atom is 0.321 e. The summed E-state index contributed by atoms with van der Waals surface area (Å²) in [5, 5.41) is 15.3. The van der Waals surface area contributed by atoms with Gasteiger partial charge in [0, 0.05) is 25.3 Å².